The van der Waals surface area contributed by atoms with E-state index in [1.165, 1.54) is 24.4 Å². The van der Waals surface area contributed by atoms with Crippen molar-refractivity contribution in [2.75, 3.05) is 7.11 Å². The van der Waals surface area contributed by atoms with Crippen LogP contribution in [0, 0.1) is 5.21 Å². The summed E-state index contributed by atoms with van der Waals surface area (Å²) in [6.07, 6.45) is 4.69. The van der Waals surface area contributed by atoms with Gasteiger partial charge in [-0.05, 0) is 29.8 Å². The Hall–Kier alpha value is -3.08. The lowest BCUT2D eigenvalue weighted by molar-refractivity contribution is -0.354. The molecule has 0 atom stereocenters. The predicted octanol–water partition coefficient (Wildman–Crippen LogP) is 3.32. The zero-order valence-electron chi connectivity index (χ0n) is 12.0. The van der Waals surface area contributed by atoms with Gasteiger partial charge < -0.3 is 15.1 Å². The summed E-state index contributed by atoms with van der Waals surface area (Å²) in [6.45, 7) is 0. The first-order valence-corrected chi connectivity index (χ1v) is 6.55. The second-order valence-corrected chi connectivity index (χ2v) is 4.46. The number of methoxy groups -OCH3 is 1. The van der Waals surface area contributed by atoms with Gasteiger partial charge in [0.25, 0.3) is 0 Å². The molecule has 2 rings (SSSR count). The Morgan fingerprint density at radius 2 is 1.95 bits per heavy atom. The zero-order chi connectivity index (χ0) is 15.9. The van der Waals surface area contributed by atoms with Crippen molar-refractivity contribution in [2.24, 2.45) is 0 Å². The summed E-state index contributed by atoms with van der Waals surface area (Å²) in [5, 5.41) is 20.8. The van der Waals surface area contributed by atoms with Crippen LogP contribution in [0.15, 0.2) is 54.6 Å². The van der Waals surface area contributed by atoms with E-state index in [-0.39, 0.29) is 11.3 Å². The third-order valence-electron chi connectivity index (χ3n) is 2.97. The van der Waals surface area contributed by atoms with Crippen LogP contribution in [0.4, 0.5) is 5.69 Å². The summed E-state index contributed by atoms with van der Waals surface area (Å²) >= 11 is 0. The van der Waals surface area contributed by atoms with Gasteiger partial charge in [0.15, 0.2) is 6.21 Å². The molecule has 0 aromatic heterocycles. The van der Waals surface area contributed by atoms with Crippen molar-refractivity contribution < 1.29 is 19.4 Å². The van der Waals surface area contributed by atoms with Crippen LogP contribution in [0.1, 0.15) is 15.9 Å². The van der Waals surface area contributed by atoms with E-state index >= 15 is 0 Å². The Morgan fingerprint density at radius 1 is 1.23 bits per heavy atom. The van der Waals surface area contributed by atoms with Gasteiger partial charge in [-0.1, -0.05) is 18.2 Å². The fourth-order valence-electron chi connectivity index (χ4n) is 1.81. The number of allylic oxidation sites excluding steroid dienone is 1. The smallest absolute Gasteiger partial charge is 0.335 e. The molecule has 0 fully saturated rings. The number of nitrogens with zero attached hydrogens (tertiary/aromatic N) is 1. The minimum atomic E-state index is -1.07. The highest BCUT2D eigenvalue weighted by molar-refractivity contribution is 5.88. The molecule has 0 saturated carbocycles. The molecule has 0 aliphatic carbocycles. The van der Waals surface area contributed by atoms with Gasteiger partial charge in [0.2, 0.25) is 5.69 Å². The second-order valence-electron chi connectivity index (χ2n) is 4.46. The van der Waals surface area contributed by atoms with Crippen molar-refractivity contribution in [3.63, 3.8) is 0 Å². The average molecular weight is 297 g/mol. The number of benzene rings is 2. The van der Waals surface area contributed by atoms with Crippen molar-refractivity contribution in [1.82, 2.24) is 0 Å². The largest absolute Gasteiger partial charge is 0.618 e. The molecule has 0 spiro atoms. The molecule has 1 N–H and O–H groups in total. The second kappa shape index (κ2) is 7.08. The van der Waals surface area contributed by atoms with Crippen molar-refractivity contribution in [3.8, 4) is 5.75 Å². The Morgan fingerprint density at radius 3 is 2.59 bits per heavy atom. The number of aromatic carboxylic acids is 1. The number of carboxylic acids is 1. The van der Waals surface area contributed by atoms with Crippen LogP contribution < -0.4 is 4.74 Å². The maximum atomic E-state index is 11.9. The van der Waals surface area contributed by atoms with E-state index in [4.69, 9.17) is 9.84 Å². The maximum absolute atomic E-state index is 11.9. The maximum Gasteiger partial charge on any atom is 0.335 e. The van der Waals surface area contributed by atoms with Crippen molar-refractivity contribution in [1.29, 1.82) is 0 Å². The lowest BCUT2D eigenvalue weighted by atomic mass is 10.2. The topological polar surface area (TPSA) is 72.6 Å². The molecule has 0 bridgehead atoms. The van der Waals surface area contributed by atoms with Crippen LogP contribution in [-0.4, -0.2) is 29.1 Å². The van der Waals surface area contributed by atoms with Gasteiger partial charge in [0, 0.05) is 18.2 Å². The van der Waals surface area contributed by atoms with Gasteiger partial charge in [0.1, 0.15) is 5.75 Å². The molecule has 0 unspecified atom stereocenters. The molecule has 112 valence electrons. The number of hydrogen-bond acceptors (Lipinski definition) is 3. The quantitative estimate of drug-likeness (QED) is 0.398. The van der Waals surface area contributed by atoms with E-state index < -0.39 is 5.97 Å². The van der Waals surface area contributed by atoms with E-state index in [2.05, 4.69) is 0 Å². The molecular weight excluding hydrogens is 282 g/mol. The van der Waals surface area contributed by atoms with E-state index in [0.29, 0.717) is 4.74 Å². The van der Waals surface area contributed by atoms with Crippen molar-refractivity contribution >= 4 is 23.9 Å². The Kier molecular flexibility index (Phi) is 4.93. The molecule has 0 aliphatic rings. The molecule has 0 amide bonds. The third-order valence-corrected chi connectivity index (χ3v) is 2.97. The Bertz CT molecular complexity index is 718. The number of rotatable bonds is 5. The summed E-state index contributed by atoms with van der Waals surface area (Å²) in [5.41, 5.74) is 1.26. The molecule has 2 aromatic rings. The summed E-state index contributed by atoms with van der Waals surface area (Å²) < 4.78 is 5.68. The van der Waals surface area contributed by atoms with Crippen molar-refractivity contribution in [2.45, 2.75) is 0 Å². The molecular formula is C17H15NO4. The van der Waals surface area contributed by atoms with E-state index in [1.54, 1.807) is 25.3 Å². The number of hydrogen-bond donors (Lipinski definition) is 1. The number of carboxylic acid groups (broad SMARTS) is 1. The molecule has 0 saturated heterocycles. The zero-order valence-corrected chi connectivity index (χ0v) is 12.0. The van der Waals surface area contributed by atoms with Crippen molar-refractivity contribution in [3.05, 3.63) is 70.9 Å². The van der Waals surface area contributed by atoms with Gasteiger partial charge in [-0.15, -0.1) is 0 Å². The fraction of sp³-hybridized carbons (Fsp3) is 0.0588. The summed E-state index contributed by atoms with van der Waals surface area (Å²) in [6, 6.07) is 13.2. The first kappa shape index (κ1) is 15.3. The highest BCUT2D eigenvalue weighted by Gasteiger charge is 2.06. The van der Waals surface area contributed by atoms with Gasteiger partial charge in [-0.3, -0.25) is 0 Å². The van der Waals surface area contributed by atoms with Crippen LogP contribution in [0.2, 0.25) is 0 Å². The fourth-order valence-corrected chi connectivity index (χ4v) is 1.81. The number of ether oxygens (including phenoxy) is 1. The molecule has 0 heterocycles. The van der Waals surface area contributed by atoms with Crippen LogP contribution in [0.3, 0.4) is 0 Å². The van der Waals surface area contributed by atoms with Crippen LogP contribution in [-0.2, 0) is 0 Å². The van der Waals surface area contributed by atoms with Gasteiger partial charge in [-0.25, -0.2) is 4.79 Å². The molecule has 0 radical (unpaired) electrons. The van der Waals surface area contributed by atoms with Crippen LogP contribution >= 0.6 is 0 Å². The summed E-state index contributed by atoms with van der Waals surface area (Å²) in [7, 11) is 1.60. The summed E-state index contributed by atoms with van der Waals surface area (Å²) in [5.74, 6) is -0.305. The highest BCUT2D eigenvalue weighted by atomic mass is 16.5. The lowest BCUT2D eigenvalue weighted by Crippen LogP contribution is -1.99. The first-order chi connectivity index (χ1) is 10.6. The van der Waals surface area contributed by atoms with E-state index in [1.807, 2.05) is 24.3 Å². The molecule has 5 nitrogen and oxygen atoms in total. The van der Waals surface area contributed by atoms with Crippen LogP contribution in [0.25, 0.3) is 6.08 Å². The molecule has 22 heavy (non-hydrogen) atoms. The third kappa shape index (κ3) is 3.96. The average Bonchev–Trinajstić information content (AvgIpc) is 2.55. The standard InChI is InChI=1S/C17H15NO4/c1-22-16-9-7-13(8-10-16)4-3-11-18(21)15-6-2-5-14(12-15)17(19)20/h2-12H,1H3,(H,19,20). The van der Waals surface area contributed by atoms with Gasteiger partial charge in [0.05, 0.1) is 12.7 Å². The lowest BCUT2D eigenvalue weighted by Gasteiger charge is -2.02. The minimum Gasteiger partial charge on any atom is -0.618 e. The first-order valence-electron chi connectivity index (χ1n) is 6.55. The SMILES string of the molecule is COc1ccc(C=CC=[N+]([O-])c2cccc(C(=O)O)c2)cc1. The number of carbonyl (C=O) groups is 1. The Labute approximate surface area is 128 Å². The molecule has 0 aliphatic heterocycles. The van der Waals surface area contributed by atoms with E-state index in [9.17, 15) is 10.0 Å². The normalized spacial score (nSPS) is 11.6. The monoisotopic (exact) mass is 297 g/mol. The minimum absolute atomic E-state index is 0.0749. The summed E-state index contributed by atoms with van der Waals surface area (Å²) in [4.78, 5) is 10.9. The molecule has 2 aromatic carbocycles. The van der Waals surface area contributed by atoms with Crippen LogP contribution in [0.5, 0.6) is 5.75 Å². The van der Waals surface area contributed by atoms with Gasteiger partial charge >= 0.3 is 5.97 Å². The Balaban J connectivity index is 2.12. The predicted molar refractivity (Wildman–Crippen MR) is 84.8 cm³/mol. The van der Waals surface area contributed by atoms with E-state index in [0.717, 1.165) is 11.3 Å². The molecule has 5 heteroatoms. The highest BCUT2D eigenvalue weighted by Crippen LogP contribution is 2.14. The van der Waals surface area contributed by atoms with Gasteiger partial charge in [-0.2, -0.15) is 4.74 Å².